The van der Waals surface area contributed by atoms with Gasteiger partial charge in [0.05, 0.1) is 19.2 Å². The monoisotopic (exact) mass is 466 g/mol. The van der Waals surface area contributed by atoms with Crippen LogP contribution in [0.15, 0.2) is 52.3 Å². The predicted octanol–water partition coefficient (Wildman–Crippen LogP) is 5.34. The number of nitrogens with zero attached hydrogens (tertiary/aromatic N) is 1. The molecule has 1 atom stereocenters. The molecule has 0 saturated heterocycles. The van der Waals surface area contributed by atoms with Gasteiger partial charge in [-0.2, -0.15) is 0 Å². The van der Waals surface area contributed by atoms with Crippen molar-refractivity contribution in [2.24, 2.45) is 0 Å². The van der Waals surface area contributed by atoms with Crippen molar-refractivity contribution < 1.29 is 18.7 Å². The number of nitrogens with one attached hydrogen (secondary N) is 1. The van der Waals surface area contributed by atoms with Crippen LogP contribution < -0.4 is 15.0 Å². The number of hydrogen-bond donors (Lipinski definition) is 1. The Morgan fingerprint density at radius 2 is 1.97 bits per heavy atom. The zero-order valence-electron chi connectivity index (χ0n) is 19.3. The topological polar surface area (TPSA) is 71.8 Å². The van der Waals surface area contributed by atoms with Crippen LogP contribution in [0.1, 0.15) is 53.7 Å². The van der Waals surface area contributed by atoms with E-state index in [2.05, 4.69) is 5.32 Å². The van der Waals surface area contributed by atoms with Crippen molar-refractivity contribution in [3.8, 4) is 5.75 Å². The maximum absolute atomic E-state index is 13.8. The molecule has 1 fully saturated rings. The molecule has 2 heterocycles. The summed E-state index contributed by atoms with van der Waals surface area (Å²) in [7, 11) is 1.57. The normalized spacial score (nSPS) is 14.8. The van der Waals surface area contributed by atoms with Gasteiger partial charge in [0.25, 0.3) is 5.91 Å². The molecule has 4 rings (SSSR count). The lowest BCUT2D eigenvalue weighted by Gasteiger charge is -2.32. The first-order valence-corrected chi connectivity index (χ1v) is 12.2. The van der Waals surface area contributed by atoms with Crippen LogP contribution in [0.3, 0.4) is 0 Å². The van der Waals surface area contributed by atoms with E-state index in [-0.39, 0.29) is 24.3 Å². The number of thiophene rings is 1. The zero-order valence-corrected chi connectivity index (χ0v) is 20.1. The first-order valence-electron chi connectivity index (χ1n) is 11.3. The summed E-state index contributed by atoms with van der Waals surface area (Å²) in [4.78, 5) is 30.0. The molecule has 33 heavy (non-hydrogen) atoms. The van der Waals surface area contributed by atoms with Gasteiger partial charge >= 0.3 is 0 Å². The summed E-state index contributed by atoms with van der Waals surface area (Å²) in [6.07, 6.45) is 4.28. The van der Waals surface area contributed by atoms with Gasteiger partial charge in [0.1, 0.15) is 17.3 Å². The molecule has 1 aromatic carbocycles. The van der Waals surface area contributed by atoms with E-state index in [1.807, 2.05) is 55.6 Å². The largest absolute Gasteiger partial charge is 0.495 e. The van der Waals surface area contributed by atoms with Gasteiger partial charge < -0.3 is 14.5 Å². The molecule has 1 aliphatic carbocycles. The minimum atomic E-state index is -0.942. The standard InChI is InChI=1S/C26H30N2O4S/c1-17-10-12-22(31-3)21(15-17)28(24(29)16-20-9-6-14-33-20)25(23-13-11-18(2)32-23)26(30)27-19-7-4-5-8-19/h6,9-15,19,25H,4-5,7-8,16H2,1-3H3,(H,27,30)/t25-/m0/s1. The molecule has 0 unspecified atom stereocenters. The van der Waals surface area contributed by atoms with Crippen molar-refractivity contribution >= 4 is 28.8 Å². The Labute approximate surface area is 198 Å². The molecule has 1 aliphatic rings. The molecule has 0 radical (unpaired) electrons. The van der Waals surface area contributed by atoms with Crippen molar-refractivity contribution in [3.63, 3.8) is 0 Å². The van der Waals surface area contributed by atoms with E-state index in [1.165, 1.54) is 11.3 Å². The van der Waals surface area contributed by atoms with E-state index >= 15 is 0 Å². The number of aryl methyl sites for hydroxylation is 2. The second-order valence-corrected chi connectivity index (χ2v) is 9.57. The molecule has 1 N–H and O–H groups in total. The number of furan rings is 1. The summed E-state index contributed by atoms with van der Waals surface area (Å²) in [5.74, 6) is 1.22. The third-order valence-electron chi connectivity index (χ3n) is 6.01. The average Bonchev–Trinajstić information content (AvgIpc) is 3.56. The van der Waals surface area contributed by atoms with Crippen LogP contribution in [0.2, 0.25) is 0 Å². The predicted molar refractivity (Wildman–Crippen MR) is 130 cm³/mol. The summed E-state index contributed by atoms with van der Waals surface area (Å²) >= 11 is 1.52. The van der Waals surface area contributed by atoms with Gasteiger partial charge in [-0.15, -0.1) is 11.3 Å². The van der Waals surface area contributed by atoms with Crippen molar-refractivity contribution in [2.75, 3.05) is 12.0 Å². The summed E-state index contributed by atoms with van der Waals surface area (Å²) in [6, 6.07) is 12.3. The van der Waals surface area contributed by atoms with Gasteiger partial charge in [0.2, 0.25) is 5.91 Å². The number of rotatable bonds is 8. The van der Waals surface area contributed by atoms with Gasteiger partial charge in [-0.3, -0.25) is 14.5 Å². The Hall–Kier alpha value is -3.06. The second kappa shape index (κ2) is 10.3. The molecule has 2 aromatic heterocycles. The Kier molecular flexibility index (Phi) is 7.18. The van der Waals surface area contributed by atoms with Gasteiger partial charge in [0.15, 0.2) is 6.04 Å². The molecule has 0 spiro atoms. The molecule has 0 aliphatic heterocycles. The van der Waals surface area contributed by atoms with Crippen molar-refractivity contribution in [1.29, 1.82) is 0 Å². The smallest absolute Gasteiger partial charge is 0.251 e. The number of carbonyl (C=O) groups is 2. The quantitative estimate of drug-likeness (QED) is 0.486. The first-order chi connectivity index (χ1) is 16.0. The maximum atomic E-state index is 13.8. The van der Waals surface area contributed by atoms with Crippen LogP contribution in [-0.2, 0) is 16.0 Å². The molecular weight excluding hydrogens is 436 g/mol. The van der Waals surface area contributed by atoms with E-state index in [0.29, 0.717) is 23.0 Å². The first kappa shape index (κ1) is 23.1. The van der Waals surface area contributed by atoms with Gasteiger partial charge in [0, 0.05) is 10.9 Å². The van der Waals surface area contributed by atoms with Crippen LogP contribution in [0.4, 0.5) is 5.69 Å². The van der Waals surface area contributed by atoms with Crippen LogP contribution >= 0.6 is 11.3 Å². The number of amides is 2. The lowest BCUT2D eigenvalue weighted by atomic mass is 10.1. The summed E-state index contributed by atoms with van der Waals surface area (Å²) in [5.41, 5.74) is 1.52. The fourth-order valence-corrected chi connectivity index (χ4v) is 5.07. The number of methoxy groups -OCH3 is 1. The maximum Gasteiger partial charge on any atom is 0.251 e. The molecule has 7 heteroatoms. The highest BCUT2D eigenvalue weighted by Crippen LogP contribution is 2.37. The average molecular weight is 467 g/mol. The molecule has 0 bridgehead atoms. The van der Waals surface area contributed by atoms with E-state index in [0.717, 1.165) is 36.1 Å². The highest BCUT2D eigenvalue weighted by atomic mass is 32.1. The van der Waals surface area contributed by atoms with Gasteiger partial charge in [-0.1, -0.05) is 25.0 Å². The highest BCUT2D eigenvalue weighted by molar-refractivity contribution is 7.10. The highest BCUT2D eigenvalue weighted by Gasteiger charge is 2.37. The van der Waals surface area contributed by atoms with Crippen molar-refractivity contribution in [2.45, 2.75) is 58.0 Å². The molecule has 6 nitrogen and oxygen atoms in total. The van der Waals surface area contributed by atoms with Crippen LogP contribution in [0, 0.1) is 13.8 Å². The fourth-order valence-electron chi connectivity index (χ4n) is 4.38. The summed E-state index contributed by atoms with van der Waals surface area (Å²) in [5, 5.41) is 5.12. The Morgan fingerprint density at radius 3 is 2.61 bits per heavy atom. The van der Waals surface area contributed by atoms with Gasteiger partial charge in [-0.05, 0) is 68.0 Å². The molecule has 2 amide bonds. The fraction of sp³-hybridized carbons (Fsp3) is 0.385. The third kappa shape index (κ3) is 5.30. The Balaban J connectivity index is 1.80. The summed E-state index contributed by atoms with van der Waals surface area (Å²) < 4.78 is 11.5. The summed E-state index contributed by atoms with van der Waals surface area (Å²) in [6.45, 7) is 3.79. The third-order valence-corrected chi connectivity index (χ3v) is 6.88. The molecule has 174 valence electrons. The zero-order chi connectivity index (χ0) is 23.4. The number of ether oxygens (including phenoxy) is 1. The second-order valence-electron chi connectivity index (χ2n) is 8.54. The SMILES string of the molecule is COc1ccc(C)cc1N(C(=O)Cc1cccs1)[C@H](C(=O)NC1CCCC1)c1ccc(C)o1. The van der Waals surface area contributed by atoms with Crippen LogP contribution in [-0.4, -0.2) is 25.0 Å². The van der Waals surface area contributed by atoms with Crippen molar-refractivity contribution in [1.82, 2.24) is 5.32 Å². The van der Waals surface area contributed by atoms with E-state index < -0.39 is 6.04 Å². The van der Waals surface area contributed by atoms with Crippen LogP contribution in [0.5, 0.6) is 5.75 Å². The number of anilines is 1. The van der Waals surface area contributed by atoms with Crippen LogP contribution in [0.25, 0.3) is 0 Å². The van der Waals surface area contributed by atoms with E-state index in [1.54, 1.807) is 18.1 Å². The Morgan fingerprint density at radius 1 is 1.18 bits per heavy atom. The van der Waals surface area contributed by atoms with E-state index in [9.17, 15) is 9.59 Å². The van der Waals surface area contributed by atoms with Crippen molar-refractivity contribution in [3.05, 3.63) is 69.8 Å². The lowest BCUT2D eigenvalue weighted by molar-refractivity contribution is -0.127. The Bertz CT molecular complexity index is 1100. The minimum absolute atomic E-state index is 0.115. The van der Waals surface area contributed by atoms with Gasteiger partial charge in [-0.25, -0.2) is 0 Å². The minimum Gasteiger partial charge on any atom is -0.495 e. The number of hydrogen-bond acceptors (Lipinski definition) is 5. The molecular formula is C26H30N2O4S. The van der Waals surface area contributed by atoms with E-state index in [4.69, 9.17) is 9.15 Å². The number of benzene rings is 1. The molecule has 3 aromatic rings. The lowest BCUT2D eigenvalue weighted by Crippen LogP contribution is -2.46. The number of carbonyl (C=O) groups excluding carboxylic acids is 2. The molecule has 1 saturated carbocycles.